The largest absolute Gasteiger partial charge is 0.494 e. The number of allylic oxidation sites excluding steroid dienone is 2. The van der Waals surface area contributed by atoms with Crippen LogP contribution in [0.5, 0.6) is 0 Å². The summed E-state index contributed by atoms with van der Waals surface area (Å²) in [6.45, 7) is 20.4. The number of rotatable bonds is 16. The standard InChI is InChI=1S/C29H36BN3O5.C28H29N5O3.C5H7ClN2/c1-20(22-12-14-24(15-13-22)30-37-27(3,4)28(5,6)38-30)33-19-18-29(36-26(33)34,23-10-8-7-9-11-23)17-16-25-32-31-21(2)35-25;1-19-9-14-25(31-29-19)23-12-10-22(11-13-23)20(2)33-18-17-28(36-27(33)34,24-7-5-4-6-8-24)16-15-26-32-30-21(3)35-26;1-4(7)2-3-5(6)8/h7-15,20H,16-19H2,1-6H3;4-14,20H,15-18H2,1-3H3;2-3,7-8H,1H3/b;;3-2-,7-4?,8-5?/t20-,29+;20-,28+;/m00./s1. The number of hydrogen-bond acceptors (Lipinski definition) is 16. The van der Waals surface area contributed by atoms with Crippen LogP contribution >= 0.6 is 11.6 Å². The molecule has 2 amide bonds. The minimum Gasteiger partial charge on any atom is -0.438 e. The molecule has 4 atom stereocenters. The smallest absolute Gasteiger partial charge is 0.438 e. The van der Waals surface area contributed by atoms with E-state index in [1.54, 1.807) is 30.6 Å². The van der Waals surface area contributed by atoms with E-state index in [0.717, 1.165) is 44.7 Å². The maximum absolute atomic E-state index is 13.4. The molecule has 0 bridgehead atoms. The van der Waals surface area contributed by atoms with E-state index in [1.165, 1.54) is 12.2 Å². The summed E-state index contributed by atoms with van der Waals surface area (Å²) in [7, 11) is -0.418. The van der Waals surface area contributed by atoms with Crippen LogP contribution < -0.4 is 5.46 Å². The Kier molecular flexibility index (Phi) is 19.1. The van der Waals surface area contributed by atoms with Crippen LogP contribution in [0.1, 0.15) is 138 Å². The third kappa shape index (κ3) is 14.6. The first kappa shape index (κ1) is 60.2. The molecular formula is C62H72BClN10O8. The first-order valence-electron chi connectivity index (χ1n) is 27.6. The van der Waals surface area contributed by atoms with Gasteiger partial charge < -0.3 is 42.8 Å². The number of amides is 2. The molecule has 3 aromatic heterocycles. The minimum atomic E-state index is -0.752. The number of hydrogen-bond donors (Lipinski definition) is 2. The van der Waals surface area contributed by atoms with Gasteiger partial charge in [0, 0.05) is 76.7 Å². The molecule has 4 aromatic carbocycles. The van der Waals surface area contributed by atoms with Crippen LogP contribution in [-0.4, -0.2) is 94.9 Å². The lowest BCUT2D eigenvalue weighted by Gasteiger charge is -2.43. The van der Waals surface area contributed by atoms with Crippen molar-refractivity contribution in [2.75, 3.05) is 13.1 Å². The van der Waals surface area contributed by atoms with Gasteiger partial charge in [0.1, 0.15) is 16.4 Å². The second kappa shape index (κ2) is 25.9. The predicted octanol–water partition coefficient (Wildman–Crippen LogP) is 12.5. The normalized spacial score (nSPS) is 20.0. The van der Waals surface area contributed by atoms with Gasteiger partial charge in [-0.2, -0.15) is 10.2 Å². The maximum atomic E-state index is 13.4. The van der Waals surface area contributed by atoms with Crippen molar-refractivity contribution < 1.29 is 37.2 Å². The van der Waals surface area contributed by atoms with Crippen molar-refractivity contribution in [2.24, 2.45) is 0 Å². The highest BCUT2D eigenvalue weighted by Crippen LogP contribution is 2.43. The van der Waals surface area contributed by atoms with Crippen LogP contribution in [0.25, 0.3) is 11.3 Å². The van der Waals surface area contributed by atoms with Gasteiger partial charge >= 0.3 is 19.3 Å². The van der Waals surface area contributed by atoms with Crippen molar-refractivity contribution in [1.29, 1.82) is 10.8 Å². The quantitative estimate of drug-likeness (QED) is 0.0677. The van der Waals surface area contributed by atoms with Gasteiger partial charge in [-0.15, -0.1) is 20.4 Å². The van der Waals surface area contributed by atoms with Gasteiger partial charge in [0.25, 0.3) is 0 Å². The van der Waals surface area contributed by atoms with Gasteiger partial charge in [-0.1, -0.05) is 121 Å². The van der Waals surface area contributed by atoms with E-state index < -0.39 is 29.5 Å². The zero-order valence-corrected chi connectivity index (χ0v) is 49.1. The number of cyclic esters (lactones) is 2. The Labute approximate surface area is 485 Å². The monoisotopic (exact) mass is 1130 g/mol. The Bertz CT molecular complexity index is 3290. The lowest BCUT2D eigenvalue weighted by Crippen LogP contribution is -2.49. The first-order chi connectivity index (χ1) is 39.1. The van der Waals surface area contributed by atoms with Crippen LogP contribution in [0.4, 0.5) is 9.59 Å². The van der Waals surface area contributed by atoms with Crippen molar-refractivity contribution >= 4 is 47.3 Å². The molecule has 0 aliphatic carbocycles. The van der Waals surface area contributed by atoms with Crippen LogP contribution in [0.2, 0.25) is 0 Å². The Morgan fingerprint density at radius 1 is 0.610 bits per heavy atom. The minimum absolute atomic E-state index is 0.0448. The Hall–Kier alpha value is -7.87. The number of aromatic nitrogens is 6. The predicted molar refractivity (Wildman–Crippen MR) is 314 cm³/mol. The molecule has 3 aliphatic heterocycles. The number of carbonyl (C=O) groups excluding carboxylic acids is 2. The highest BCUT2D eigenvalue weighted by atomic mass is 35.5. The van der Waals surface area contributed by atoms with Gasteiger partial charge in [-0.3, -0.25) is 5.41 Å². The van der Waals surface area contributed by atoms with Crippen LogP contribution in [-0.2, 0) is 42.8 Å². The molecule has 2 N–H and O–H groups in total. The highest BCUT2D eigenvalue weighted by Gasteiger charge is 2.52. The van der Waals surface area contributed by atoms with Gasteiger partial charge in [0.15, 0.2) is 0 Å². The van der Waals surface area contributed by atoms with Crippen molar-refractivity contribution in [3.8, 4) is 11.3 Å². The summed E-state index contributed by atoms with van der Waals surface area (Å²) in [5, 5.41) is 38.0. The molecule has 0 saturated carbocycles. The summed E-state index contributed by atoms with van der Waals surface area (Å²) >= 11 is 5.12. The van der Waals surface area contributed by atoms with E-state index in [-0.39, 0.29) is 29.4 Å². The molecule has 6 heterocycles. The summed E-state index contributed by atoms with van der Waals surface area (Å²) in [6.07, 6.45) is 5.69. The second-order valence-corrected chi connectivity index (χ2v) is 22.3. The summed E-state index contributed by atoms with van der Waals surface area (Å²) in [6, 6.07) is 39.7. The van der Waals surface area contributed by atoms with E-state index in [9.17, 15) is 9.59 Å². The Morgan fingerprint density at radius 2 is 1.06 bits per heavy atom. The van der Waals surface area contributed by atoms with Crippen molar-refractivity contribution in [3.63, 3.8) is 0 Å². The van der Waals surface area contributed by atoms with Crippen LogP contribution in [0.15, 0.2) is 142 Å². The fourth-order valence-electron chi connectivity index (χ4n) is 10.0. The average molecular weight is 1130 g/mol. The number of aryl methyl sites for hydroxylation is 5. The molecule has 10 rings (SSSR count). The fourth-order valence-corrected chi connectivity index (χ4v) is 10.1. The van der Waals surface area contributed by atoms with E-state index in [1.807, 2.05) is 170 Å². The topological polar surface area (TPSA) is 229 Å². The van der Waals surface area contributed by atoms with Gasteiger partial charge in [0.2, 0.25) is 23.6 Å². The van der Waals surface area contributed by atoms with Crippen molar-refractivity contribution in [2.45, 2.75) is 142 Å². The molecule has 18 nitrogen and oxygen atoms in total. The molecule has 3 aliphatic rings. The molecule has 20 heteroatoms. The summed E-state index contributed by atoms with van der Waals surface area (Å²) < 4.78 is 36.0. The average Bonchev–Trinajstić information content (AvgIpc) is 3.63. The SMILES string of the molecule is CC(=N)/C=C\C(=N)Cl.Cc1ccc(-c2ccc([C@H](C)N3CC[C@](CCc4nnc(C)o4)(c4ccccc4)OC3=O)cc2)nn1.Cc1nnc(CC[C@]2(c3ccccc3)CCN([C@@H](C)c3ccc(B4OC(C)(C)C(C)(C)O4)cc3)C(=O)O2)o1. The molecule has 7 aromatic rings. The molecule has 0 unspecified atom stereocenters. The zero-order chi connectivity index (χ0) is 58.8. The fraction of sp³-hybridized carbons (Fsp3) is 0.387. The van der Waals surface area contributed by atoms with Crippen LogP contribution in [0, 0.1) is 31.6 Å². The first-order valence-corrected chi connectivity index (χ1v) is 28.0. The molecule has 3 saturated heterocycles. The highest BCUT2D eigenvalue weighted by molar-refractivity contribution is 6.67. The lowest BCUT2D eigenvalue weighted by molar-refractivity contribution is -0.0665. The molecule has 0 spiro atoms. The molecule has 428 valence electrons. The lowest BCUT2D eigenvalue weighted by atomic mass is 9.78. The molecular weight excluding hydrogens is 1060 g/mol. The van der Waals surface area contributed by atoms with Gasteiger partial charge in [0.05, 0.1) is 34.7 Å². The molecule has 0 radical (unpaired) electrons. The van der Waals surface area contributed by atoms with Gasteiger partial charge in [-0.05, 0) is 107 Å². The van der Waals surface area contributed by atoms with Crippen molar-refractivity contribution in [3.05, 3.63) is 185 Å². The summed E-state index contributed by atoms with van der Waals surface area (Å²) in [5.41, 5.74) is 5.77. The third-order valence-electron chi connectivity index (χ3n) is 15.6. The summed E-state index contributed by atoms with van der Waals surface area (Å²) in [4.78, 5) is 30.4. The molecule has 3 fully saturated rings. The van der Waals surface area contributed by atoms with E-state index in [4.69, 9.17) is 50.0 Å². The van der Waals surface area contributed by atoms with E-state index in [0.29, 0.717) is 80.9 Å². The summed E-state index contributed by atoms with van der Waals surface area (Å²) in [5.74, 6) is 2.15. The number of carbonyl (C=O) groups is 2. The van der Waals surface area contributed by atoms with Crippen LogP contribution in [0.3, 0.4) is 0 Å². The number of nitrogens with zero attached hydrogens (tertiary/aromatic N) is 8. The van der Waals surface area contributed by atoms with E-state index in [2.05, 4.69) is 30.6 Å². The second-order valence-electron chi connectivity index (χ2n) is 21.9. The Balaban J connectivity index is 0.000000190. The number of nitrogens with one attached hydrogen (secondary N) is 2. The maximum Gasteiger partial charge on any atom is 0.494 e. The number of halogens is 1. The zero-order valence-electron chi connectivity index (χ0n) is 48.3. The third-order valence-corrected chi connectivity index (χ3v) is 15.7. The van der Waals surface area contributed by atoms with E-state index >= 15 is 0 Å². The Morgan fingerprint density at radius 3 is 1.43 bits per heavy atom. The molecule has 82 heavy (non-hydrogen) atoms. The van der Waals surface area contributed by atoms with Crippen molar-refractivity contribution in [1.82, 2.24) is 40.4 Å². The number of benzene rings is 4. The number of ether oxygens (including phenoxy) is 2. The van der Waals surface area contributed by atoms with Gasteiger partial charge in [-0.25, -0.2) is 9.59 Å².